The van der Waals surface area contributed by atoms with Crippen molar-refractivity contribution in [2.24, 2.45) is 0 Å². The molecule has 0 aliphatic carbocycles. The van der Waals surface area contributed by atoms with Crippen molar-refractivity contribution >= 4 is 0 Å². The average molecular weight is 248 g/mol. The van der Waals surface area contributed by atoms with E-state index >= 15 is 0 Å². The summed E-state index contributed by atoms with van der Waals surface area (Å²) in [5.74, 6) is 0. The molecule has 0 amide bonds. The molecule has 0 aliphatic heterocycles. The third-order valence-electron chi connectivity index (χ3n) is 2.45. The molecule has 0 aliphatic rings. The zero-order valence-corrected chi connectivity index (χ0v) is 11.3. The van der Waals surface area contributed by atoms with E-state index in [2.05, 4.69) is 13.8 Å². The van der Waals surface area contributed by atoms with Gasteiger partial charge in [0.05, 0.1) is 45.7 Å². The molecule has 0 rings (SSSR count). The standard InChI is InChI=1S/C13H28O4/c1-3-4-5-6-13(2)17-12-11-16-10-9-15-8-7-14/h13-14H,3-12H2,1-2H3. The van der Waals surface area contributed by atoms with Gasteiger partial charge in [-0.2, -0.15) is 0 Å². The lowest BCUT2D eigenvalue weighted by molar-refractivity contribution is -0.0120. The van der Waals surface area contributed by atoms with Gasteiger partial charge in [0.1, 0.15) is 0 Å². The Bertz CT molecular complexity index is 141. The molecule has 4 heteroatoms. The van der Waals surface area contributed by atoms with Gasteiger partial charge in [0.2, 0.25) is 0 Å². The van der Waals surface area contributed by atoms with Gasteiger partial charge in [0.25, 0.3) is 0 Å². The van der Waals surface area contributed by atoms with E-state index in [9.17, 15) is 0 Å². The summed E-state index contributed by atoms with van der Waals surface area (Å²) < 4.78 is 16.0. The topological polar surface area (TPSA) is 47.9 Å². The van der Waals surface area contributed by atoms with E-state index < -0.39 is 0 Å². The molecule has 4 nitrogen and oxygen atoms in total. The number of hydrogen-bond acceptors (Lipinski definition) is 4. The van der Waals surface area contributed by atoms with Gasteiger partial charge >= 0.3 is 0 Å². The Hall–Kier alpha value is -0.160. The third kappa shape index (κ3) is 13.8. The van der Waals surface area contributed by atoms with Crippen molar-refractivity contribution < 1.29 is 19.3 Å². The predicted molar refractivity (Wildman–Crippen MR) is 68.3 cm³/mol. The number of hydrogen-bond donors (Lipinski definition) is 1. The molecular formula is C13H28O4. The highest BCUT2D eigenvalue weighted by molar-refractivity contribution is 4.50. The second kappa shape index (κ2) is 13.9. The van der Waals surface area contributed by atoms with Crippen molar-refractivity contribution in [2.45, 2.75) is 45.6 Å². The molecule has 0 saturated heterocycles. The molecule has 1 unspecified atom stereocenters. The van der Waals surface area contributed by atoms with Crippen molar-refractivity contribution in [1.82, 2.24) is 0 Å². The van der Waals surface area contributed by atoms with Crippen molar-refractivity contribution in [3.05, 3.63) is 0 Å². The van der Waals surface area contributed by atoms with E-state index in [1.165, 1.54) is 19.3 Å². The molecular weight excluding hydrogens is 220 g/mol. The molecule has 0 radical (unpaired) electrons. The molecule has 17 heavy (non-hydrogen) atoms. The SMILES string of the molecule is CCCCCC(C)OCCOCCOCCO. The lowest BCUT2D eigenvalue weighted by Crippen LogP contribution is -2.15. The largest absolute Gasteiger partial charge is 0.394 e. The maximum absolute atomic E-state index is 8.47. The highest BCUT2D eigenvalue weighted by Crippen LogP contribution is 2.05. The fraction of sp³-hybridized carbons (Fsp3) is 1.00. The average Bonchev–Trinajstić information content (AvgIpc) is 2.33. The van der Waals surface area contributed by atoms with Crippen LogP contribution in [0.3, 0.4) is 0 Å². The Labute approximate surface area is 105 Å². The summed E-state index contributed by atoms with van der Waals surface area (Å²) in [6.45, 7) is 7.12. The Kier molecular flexibility index (Phi) is 13.8. The summed E-state index contributed by atoms with van der Waals surface area (Å²) >= 11 is 0. The van der Waals surface area contributed by atoms with Crippen LogP contribution in [0.1, 0.15) is 39.5 Å². The first-order chi connectivity index (χ1) is 8.31. The van der Waals surface area contributed by atoms with E-state index in [1.807, 2.05) is 0 Å². The van der Waals surface area contributed by atoms with Gasteiger partial charge in [0, 0.05) is 0 Å². The van der Waals surface area contributed by atoms with Crippen LogP contribution in [0, 0.1) is 0 Å². The summed E-state index contributed by atoms with van der Waals surface area (Å²) in [6.07, 6.45) is 5.24. The zero-order valence-electron chi connectivity index (χ0n) is 11.3. The van der Waals surface area contributed by atoms with E-state index in [-0.39, 0.29) is 6.61 Å². The highest BCUT2D eigenvalue weighted by atomic mass is 16.5. The molecule has 0 bridgehead atoms. The first kappa shape index (κ1) is 16.8. The summed E-state index contributed by atoms with van der Waals surface area (Å²) in [5, 5.41) is 8.47. The molecule has 0 heterocycles. The Balaban J connectivity index is 3.05. The maximum Gasteiger partial charge on any atom is 0.0704 e. The van der Waals surface area contributed by atoms with Gasteiger partial charge in [0.15, 0.2) is 0 Å². The number of rotatable bonds is 13. The quantitative estimate of drug-likeness (QED) is 0.506. The van der Waals surface area contributed by atoms with E-state index in [1.54, 1.807) is 0 Å². The van der Waals surface area contributed by atoms with Gasteiger partial charge in [-0.3, -0.25) is 0 Å². The van der Waals surface area contributed by atoms with Crippen LogP contribution in [0.15, 0.2) is 0 Å². The van der Waals surface area contributed by atoms with E-state index in [4.69, 9.17) is 19.3 Å². The third-order valence-corrected chi connectivity index (χ3v) is 2.45. The van der Waals surface area contributed by atoms with E-state index in [0.717, 1.165) is 6.42 Å². The first-order valence-corrected chi connectivity index (χ1v) is 6.69. The van der Waals surface area contributed by atoms with Crippen LogP contribution in [-0.2, 0) is 14.2 Å². The molecule has 0 aromatic rings. The fourth-order valence-electron chi connectivity index (χ4n) is 1.46. The van der Waals surface area contributed by atoms with Crippen LogP contribution < -0.4 is 0 Å². The molecule has 0 aromatic heterocycles. The lowest BCUT2D eigenvalue weighted by Gasteiger charge is -2.12. The number of aliphatic hydroxyl groups is 1. The summed E-state index contributed by atoms with van der Waals surface area (Å²) in [4.78, 5) is 0. The summed E-state index contributed by atoms with van der Waals surface area (Å²) in [5.41, 5.74) is 0. The molecule has 0 spiro atoms. The van der Waals surface area contributed by atoms with Crippen molar-refractivity contribution in [1.29, 1.82) is 0 Å². The van der Waals surface area contributed by atoms with Crippen molar-refractivity contribution in [3.63, 3.8) is 0 Å². The van der Waals surface area contributed by atoms with Crippen LogP contribution in [0.2, 0.25) is 0 Å². The molecule has 0 fully saturated rings. The van der Waals surface area contributed by atoms with Crippen LogP contribution in [-0.4, -0.2) is 50.9 Å². The molecule has 104 valence electrons. The second-order valence-electron chi connectivity index (χ2n) is 4.13. The van der Waals surface area contributed by atoms with Crippen molar-refractivity contribution in [2.75, 3.05) is 39.6 Å². The molecule has 1 atom stereocenters. The molecule has 1 N–H and O–H groups in total. The van der Waals surface area contributed by atoms with Crippen LogP contribution in [0.4, 0.5) is 0 Å². The van der Waals surface area contributed by atoms with Gasteiger partial charge in [-0.05, 0) is 13.3 Å². The second-order valence-corrected chi connectivity index (χ2v) is 4.13. The van der Waals surface area contributed by atoms with Gasteiger partial charge in [-0.15, -0.1) is 0 Å². The number of ether oxygens (including phenoxy) is 3. The van der Waals surface area contributed by atoms with Gasteiger partial charge < -0.3 is 19.3 Å². The lowest BCUT2D eigenvalue weighted by atomic mass is 10.1. The Morgan fingerprint density at radius 3 is 2.24 bits per heavy atom. The zero-order chi connectivity index (χ0) is 12.8. The predicted octanol–water partition coefficient (Wildman–Crippen LogP) is 2.00. The smallest absolute Gasteiger partial charge is 0.0704 e. The van der Waals surface area contributed by atoms with Crippen molar-refractivity contribution in [3.8, 4) is 0 Å². The first-order valence-electron chi connectivity index (χ1n) is 6.69. The van der Waals surface area contributed by atoms with E-state index in [0.29, 0.717) is 39.1 Å². The molecule has 0 saturated carbocycles. The monoisotopic (exact) mass is 248 g/mol. The van der Waals surface area contributed by atoms with Crippen LogP contribution >= 0.6 is 0 Å². The highest BCUT2D eigenvalue weighted by Gasteiger charge is 2.01. The Morgan fingerprint density at radius 2 is 1.59 bits per heavy atom. The maximum atomic E-state index is 8.47. The fourth-order valence-corrected chi connectivity index (χ4v) is 1.46. The Morgan fingerprint density at radius 1 is 0.941 bits per heavy atom. The molecule has 0 aromatic carbocycles. The van der Waals surface area contributed by atoms with Crippen LogP contribution in [0.5, 0.6) is 0 Å². The van der Waals surface area contributed by atoms with Gasteiger partial charge in [-0.1, -0.05) is 26.2 Å². The number of unbranched alkanes of at least 4 members (excludes halogenated alkanes) is 2. The minimum absolute atomic E-state index is 0.0678. The minimum atomic E-state index is 0.0678. The minimum Gasteiger partial charge on any atom is -0.394 e. The van der Waals surface area contributed by atoms with Gasteiger partial charge in [-0.25, -0.2) is 0 Å². The number of aliphatic hydroxyl groups excluding tert-OH is 1. The summed E-state index contributed by atoms with van der Waals surface area (Å²) in [6, 6.07) is 0. The normalized spacial score (nSPS) is 12.9. The van der Waals surface area contributed by atoms with Crippen LogP contribution in [0.25, 0.3) is 0 Å². The summed E-state index contributed by atoms with van der Waals surface area (Å²) in [7, 11) is 0.